The van der Waals surface area contributed by atoms with E-state index in [0.717, 1.165) is 11.1 Å². The van der Waals surface area contributed by atoms with Crippen molar-refractivity contribution in [1.29, 1.82) is 0 Å². The molecule has 1 aliphatic rings. The van der Waals surface area contributed by atoms with Gasteiger partial charge >= 0.3 is 12.1 Å². The van der Waals surface area contributed by atoms with Gasteiger partial charge in [0, 0.05) is 45.8 Å². The molecule has 9 heteroatoms. The van der Waals surface area contributed by atoms with E-state index in [1.54, 1.807) is 24.0 Å². The van der Waals surface area contributed by atoms with Crippen LogP contribution in [0.25, 0.3) is 0 Å². The average molecular weight is 625 g/mol. The SMILES string of the molecule is CCOC(=O)[C@H]1CN(C(=O)OC(C)(C)C)CC[C@@H]1c1cc[c-]cc1.[CH2-]COc1c(Cl)cc(C)cc1Cl.[Y]. The van der Waals surface area contributed by atoms with Crippen LogP contribution < -0.4 is 4.74 Å². The molecule has 6 nitrogen and oxygen atoms in total. The molecule has 0 aromatic heterocycles. The van der Waals surface area contributed by atoms with Crippen LogP contribution in [0.3, 0.4) is 0 Å². The third-order valence-electron chi connectivity index (χ3n) is 5.42. The molecular formula is C28H35Cl2NO5Y-2. The van der Waals surface area contributed by atoms with Gasteiger partial charge in [-0.25, -0.2) is 4.79 Å². The molecule has 1 fully saturated rings. The van der Waals surface area contributed by atoms with Gasteiger partial charge in [-0.05, 0) is 71.3 Å². The van der Waals surface area contributed by atoms with Gasteiger partial charge in [0.25, 0.3) is 0 Å². The topological polar surface area (TPSA) is 65.1 Å². The van der Waals surface area contributed by atoms with Gasteiger partial charge in [-0.2, -0.15) is 35.9 Å². The number of amides is 1. The third-order valence-corrected chi connectivity index (χ3v) is 5.98. The number of aryl methyl sites for hydroxylation is 1. The fourth-order valence-corrected chi connectivity index (χ4v) is 4.61. The van der Waals surface area contributed by atoms with E-state index in [2.05, 4.69) is 13.0 Å². The van der Waals surface area contributed by atoms with Crippen molar-refractivity contribution in [3.05, 3.63) is 70.6 Å². The first-order chi connectivity index (χ1) is 17.0. The van der Waals surface area contributed by atoms with Crippen molar-refractivity contribution in [2.24, 2.45) is 5.92 Å². The number of likely N-dealkylation sites (tertiary alicyclic amines) is 1. The number of nitrogens with zero attached hydrogens (tertiary/aromatic N) is 1. The molecule has 0 unspecified atom stereocenters. The third kappa shape index (κ3) is 10.7. The Morgan fingerprint density at radius 1 is 1.16 bits per heavy atom. The Labute approximate surface area is 256 Å². The molecule has 0 bridgehead atoms. The predicted molar refractivity (Wildman–Crippen MR) is 143 cm³/mol. The second-order valence-corrected chi connectivity index (χ2v) is 10.2. The molecular weight excluding hydrogens is 590 g/mol. The molecule has 0 saturated carbocycles. The standard InChI is InChI=1S/C19H26NO4.C9H9Cl2O.Y/c1-5-23-17(21)16-13-20(18(22)24-19(2,3)4)12-11-15(16)14-9-7-6-8-10-14;1-3-12-9-7(10)4-6(2)5-8(9)11;/h7-10,15-16H,5,11-13H2,1-4H3;4-5H,1,3H2,2H3;/q2*-1;/t15-,16+;;/m1../s1. The Morgan fingerprint density at radius 2 is 1.76 bits per heavy atom. The maximum atomic E-state index is 12.4. The number of rotatable bonds is 5. The molecule has 1 heterocycles. The number of carbonyl (C=O) groups excluding carboxylic acids is 2. The van der Waals surface area contributed by atoms with Crippen molar-refractivity contribution in [3.8, 4) is 5.75 Å². The Kier molecular flexibility index (Phi) is 14.5. The van der Waals surface area contributed by atoms with Gasteiger partial charge in [-0.1, -0.05) is 23.2 Å². The van der Waals surface area contributed by atoms with E-state index < -0.39 is 5.60 Å². The van der Waals surface area contributed by atoms with Crippen molar-refractivity contribution in [3.63, 3.8) is 0 Å². The summed E-state index contributed by atoms with van der Waals surface area (Å²) < 4.78 is 15.8. The van der Waals surface area contributed by atoms with Gasteiger partial charge in [-0.3, -0.25) is 4.79 Å². The predicted octanol–water partition coefficient (Wildman–Crippen LogP) is 6.90. The number of piperidine rings is 1. The van der Waals surface area contributed by atoms with Crippen LogP contribution in [0.15, 0.2) is 36.4 Å². The van der Waals surface area contributed by atoms with E-state index in [-0.39, 0.29) is 56.6 Å². The Balaban J connectivity index is 0.000000445. The molecule has 1 aliphatic heterocycles. The Bertz CT molecular complexity index is 990. The van der Waals surface area contributed by atoms with Crippen LogP contribution in [0, 0.1) is 25.8 Å². The van der Waals surface area contributed by atoms with Crippen LogP contribution in [0.1, 0.15) is 51.2 Å². The summed E-state index contributed by atoms with van der Waals surface area (Å²) >= 11 is 11.8. The van der Waals surface area contributed by atoms with E-state index in [1.807, 2.05) is 52.0 Å². The second-order valence-electron chi connectivity index (χ2n) is 9.42. The van der Waals surface area contributed by atoms with Crippen LogP contribution >= 0.6 is 23.2 Å². The molecule has 37 heavy (non-hydrogen) atoms. The second kappa shape index (κ2) is 15.9. The molecule has 2 aromatic carbocycles. The van der Waals surface area contributed by atoms with Gasteiger partial charge in [0.05, 0.1) is 22.6 Å². The van der Waals surface area contributed by atoms with E-state index in [9.17, 15) is 9.59 Å². The Morgan fingerprint density at radius 3 is 2.27 bits per heavy atom. The summed E-state index contributed by atoms with van der Waals surface area (Å²) in [5.41, 5.74) is 1.54. The van der Waals surface area contributed by atoms with Crippen molar-refractivity contribution >= 4 is 35.3 Å². The maximum absolute atomic E-state index is 12.4. The van der Waals surface area contributed by atoms with Crippen molar-refractivity contribution in [2.75, 3.05) is 26.3 Å². The molecule has 1 saturated heterocycles. The molecule has 0 N–H and O–H groups in total. The van der Waals surface area contributed by atoms with E-state index in [1.165, 1.54) is 0 Å². The Hall–Kier alpha value is -1.34. The van der Waals surface area contributed by atoms with Gasteiger partial charge in [0.1, 0.15) is 5.60 Å². The molecule has 2 atom stereocenters. The number of esters is 1. The number of benzene rings is 2. The minimum Gasteiger partial charge on any atom is -0.523 e. The first kappa shape index (κ1) is 33.7. The van der Waals surface area contributed by atoms with Crippen LogP contribution in [-0.2, 0) is 47.0 Å². The molecule has 0 aliphatic carbocycles. The summed E-state index contributed by atoms with van der Waals surface area (Å²) in [6.45, 7) is 14.3. The monoisotopic (exact) mass is 624 g/mol. The smallest absolute Gasteiger partial charge is 0.410 e. The zero-order valence-corrected chi connectivity index (χ0v) is 26.5. The molecule has 1 radical (unpaired) electrons. The van der Waals surface area contributed by atoms with E-state index in [0.29, 0.717) is 48.5 Å². The molecule has 0 spiro atoms. The summed E-state index contributed by atoms with van der Waals surface area (Å²) in [4.78, 5) is 26.4. The largest absolute Gasteiger partial charge is 0.523 e. The molecule has 1 amide bonds. The average Bonchev–Trinajstić information content (AvgIpc) is 2.81. The zero-order valence-electron chi connectivity index (χ0n) is 22.2. The zero-order chi connectivity index (χ0) is 26.9. The number of halogens is 2. The number of hydrogen-bond acceptors (Lipinski definition) is 5. The minimum absolute atomic E-state index is 0. The molecule has 201 valence electrons. The summed E-state index contributed by atoms with van der Waals surface area (Å²) in [7, 11) is 0. The summed E-state index contributed by atoms with van der Waals surface area (Å²) in [5, 5.41) is 1.06. The van der Waals surface area contributed by atoms with Crippen molar-refractivity contribution in [1.82, 2.24) is 4.90 Å². The van der Waals surface area contributed by atoms with Gasteiger partial charge < -0.3 is 26.0 Å². The van der Waals surface area contributed by atoms with Crippen molar-refractivity contribution < 1.29 is 56.5 Å². The normalized spacial score (nSPS) is 17.0. The van der Waals surface area contributed by atoms with Crippen molar-refractivity contribution in [2.45, 2.75) is 52.6 Å². The fraction of sp³-hybridized carbons (Fsp3) is 0.464. The van der Waals surface area contributed by atoms with E-state index in [4.69, 9.17) is 37.4 Å². The van der Waals surface area contributed by atoms with Gasteiger partial charge in [0.2, 0.25) is 0 Å². The van der Waals surface area contributed by atoms with Crippen LogP contribution in [0.5, 0.6) is 5.75 Å². The van der Waals surface area contributed by atoms with Gasteiger partial charge in [0.15, 0.2) is 5.75 Å². The summed E-state index contributed by atoms with van der Waals surface area (Å²) in [6.07, 6.45) is 0.323. The molecule has 3 rings (SSSR count). The van der Waals surface area contributed by atoms with Gasteiger partial charge in [-0.15, -0.1) is 0 Å². The minimum atomic E-state index is -0.553. The number of carbonyl (C=O) groups is 2. The molecule has 2 aromatic rings. The van der Waals surface area contributed by atoms with Crippen LogP contribution in [0.2, 0.25) is 10.0 Å². The van der Waals surface area contributed by atoms with E-state index >= 15 is 0 Å². The first-order valence-electron chi connectivity index (χ1n) is 11.9. The summed E-state index contributed by atoms with van der Waals surface area (Å²) in [5.74, 6) is -0.0894. The number of hydrogen-bond donors (Lipinski definition) is 0. The van der Waals surface area contributed by atoms with Crippen LogP contribution in [0.4, 0.5) is 4.79 Å². The number of ether oxygens (including phenoxy) is 3. The fourth-order valence-electron chi connectivity index (χ4n) is 3.90. The maximum Gasteiger partial charge on any atom is 0.410 e. The summed E-state index contributed by atoms with van der Waals surface area (Å²) in [6, 6.07) is 14.2. The first-order valence-corrected chi connectivity index (χ1v) is 12.7. The van der Waals surface area contributed by atoms with Crippen LogP contribution in [-0.4, -0.2) is 48.9 Å². The quantitative estimate of drug-likeness (QED) is 0.267.